The van der Waals surface area contributed by atoms with Gasteiger partial charge >= 0.3 is 0 Å². The van der Waals surface area contributed by atoms with Crippen LogP contribution >= 0.6 is 11.8 Å². The Labute approximate surface area is 178 Å². The van der Waals surface area contributed by atoms with Crippen molar-refractivity contribution in [3.05, 3.63) is 66.7 Å². The van der Waals surface area contributed by atoms with E-state index in [1.165, 1.54) is 16.4 Å². The second-order valence-corrected chi connectivity index (χ2v) is 7.99. The maximum absolute atomic E-state index is 12.8. The molecule has 0 fully saturated rings. The first kappa shape index (κ1) is 19.8. The van der Waals surface area contributed by atoms with Crippen molar-refractivity contribution in [3.8, 4) is 17.1 Å². The van der Waals surface area contributed by atoms with Crippen LogP contribution in [0.4, 0.5) is 5.69 Å². The number of carbonyl (C=O) groups excluding carboxylic acids is 1. The molecule has 152 valence electrons. The zero-order chi connectivity index (χ0) is 21.1. The topological polar surface area (TPSA) is 95.1 Å². The van der Waals surface area contributed by atoms with Crippen LogP contribution in [0.5, 0.6) is 5.75 Å². The van der Waals surface area contributed by atoms with E-state index in [0.717, 1.165) is 27.8 Å². The Morgan fingerprint density at radius 1 is 1.07 bits per heavy atom. The van der Waals surface area contributed by atoms with Crippen molar-refractivity contribution in [1.29, 1.82) is 0 Å². The number of fused-ring (bicyclic) bond motifs is 1. The third-order valence-corrected chi connectivity index (χ3v) is 5.77. The molecule has 1 atom stereocenters. The molecular weight excluding hydrogens is 398 g/mol. The molecule has 1 heterocycles. The Balaban J connectivity index is 1.49. The van der Waals surface area contributed by atoms with Gasteiger partial charge in [0.15, 0.2) is 5.82 Å². The minimum absolute atomic E-state index is 0.134. The number of benzene rings is 3. The van der Waals surface area contributed by atoms with Gasteiger partial charge in [-0.1, -0.05) is 48.2 Å². The maximum atomic E-state index is 12.8. The molecule has 4 rings (SSSR count). The average Bonchev–Trinajstić information content (AvgIpc) is 3.14. The van der Waals surface area contributed by atoms with Crippen molar-refractivity contribution < 1.29 is 9.53 Å². The Bertz CT molecular complexity index is 1180. The Morgan fingerprint density at radius 3 is 2.57 bits per heavy atom. The van der Waals surface area contributed by atoms with Crippen LogP contribution in [0.15, 0.2) is 71.9 Å². The number of nitrogens with two attached hydrogens (primary N) is 1. The number of thioether (sulfide) groups is 1. The third kappa shape index (κ3) is 3.95. The van der Waals surface area contributed by atoms with Gasteiger partial charge in [-0.25, -0.2) is 4.68 Å². The second-order valence-electron chi connectivity index (χ2n) is 6.68. The number of anilines is 1. The van der Waals surface area contributed by atoms with Gasteiger partial charge in [0.25, 0.3) is 0 Å². The van der Waals surface area contributed by atoms with E-state index in [2.05, 4.69) is 15.5 Å². The SMILES string of the molecule is COc1ccc(-c2nnc(S[C@H](C)C(=O)Nc3cccc4ccccc34)n2N)cc1. The molecule has 0 saturated carbocycles. The highest BCUT2D eigenvalue weighted by Crippen LogP contribution is 2.28. The van der Waals surface area contributed by atoms with Crippen molar-refractivity contribution in [2.45, 2.75) is 17.3 Å². The number of nitrogens with one attached hydrogen (secondary N) is 1. The fourth-order valence-corrected chi connectivity index (χ4v) is 3.84. The number of rotatable bonds is 6. The lowest BCUT2D eigenvalue weighted by Crippen LogP contribution is -2.23. The first-order valence-corrected chi connectivity index (χ1v) is 10.2. The summed E-state index contributed by atoms with van der Waals surface area (Å²) in [5.74, 6) is 7.32. The van der Waals surface area contributed by atoms with Crippen LogP contribution < -0.4 is 15.9 Å². The summed E-state index contributed by atoms with van der Waals surface area (Å²) in [5.41, 5.74) is 1.59. The van der Waals surface area contributed by atoms with E-state index in [1.54, 1.807) is 7.11 Å². The van der Waals surface area contributed by atoms with E-state index in [4.69, 9.17) is 10.6 Å². The minimum atomic E-state index is -0.417. The maximum Gasteiger partial charge on any atom is 0.237 e. The van der Waals surface area contributed by atoms with Crippen molar-refractivity contribution in [2.24, 2.45) is 0 Å². The number of nitrogens with zero attached hydrogens (tertiary/aromatic N) is 3. The van der Waals surface area contributed by atoms with E-state index in [0.29, 0.717) is 11.0 Å². The summed E-state index contributed by atoms with van der Waals surface area (Å²) in [5, 5.41) is 13.4. The van der Waals surface area contributed by atoms with Crippen molar-refractivity contribution in [3.63, 3.8) is 0 Å². The molecule has 0 aliphatic heterocycles. The zero-order valence-corrected chi connectivity index (χ0v) is 17.4. The number of hydrogen-bond acceptors (Lipinski definition) is 6. The fraction of sp³-hybridized carbons (Fsp3) is 0.136. The van der Waals surface area contributed by atoms with Crippen molar-refractivity contribution >= 4 is 34.1 Å². The van der Waals surface area contributed by atoms with Gasteiger partial charge in [-0.2, -0.15) is 0 Å². The number of ether oxygens (including phenoxy) is 1. The van der Waals surface area contributed by atoms with Gasteiger partial charge in [0.05, 0.1) is 12.4 Å². The summed E-state index contributed by atoms with van der Waals surface area (Å²) in [6, 6.07) is 21.1. The number of amides is 1. The number of hydrogen-bond donors (Lipinski definition) is 2. The van der Waals surface area contributed by atoms with E-state index in [1.807, 2.05) is 73.7 Å². The molecule has 1 aromatic heterocycles. The van der Waals surface area contributed by atoms with Gasteiger partial charge in [-0.15, -0.1) is 10.2 Å². The first-order valence-electron chi connectivity index (χ1n) is 9.37. The molecule has 0 unspecified atom stereocenters. The highest BCUT2D eigenvalue weighted by Gasteiger charge is 2.20. The van der Waals surface area contributed by atoms with Crippen LogP contribution in [0.1, 0.15) is 6.92 Å². The smallest absolute Gasteiger partial charge is 0.237 e. The number of nitrogen functional groups attached to an aromatic ring is 1. The zero-order valence-electron chi connectivity index (χ0n) is 16.6. The van der Waals surface area contributed by atoms with E-state index in [9.17, 15) is 4.79 Å². The van der Waals surface area contributed by atoms with Crippen molar-refractivity contribution in [1.82, 2.24) is 14.9 Å². The molecule has 0 spiro atoms. The van der Waals surface area contributed by atoms with Gasteiger partial charge in [0.1, 0.15) is 5.75 Å². The van der Waals surface area contributed by atoms with Gasteiger partial charge in [0.2, 0.25) is 11.1 Å². The summed E-state index contributed by atoms with van der Waals surface area (Å²) in [7, 11) is 1.61. The molecule has 3 N–H and O–H groups in total. The van der Waals surface area contributed by atoms with E-state index in [-0.39, 0.29) is 5.91 Å². The largest absolute Gasteiger partial charge is 0.497 e. The molecule has 0 radical (unpaired) electrons. The quantitative estimate of drug-likeness (QED) is 0.363. The minimum Gasteiger partial charge on any atom is -0.497 e. The molecule has 0 saturated heterocycles. The summed E-state index contributed by atoms with van der Waals surface area (Å²) in [4.78, 5) is 12.8. The molecule has 30 heavy (non-hydrogen) atoms. The van der Waals surface area contributed by atoms with Gasteiger partial charge in [-0.05, 0) is 42.6 Å². The van der Waals surface area contributed by atoms with Crippen LogP contribution in [0.2, 0.25) is 0 Å². The van der Waals surface area contributed by atoms with Gasteiger partial charge in [-0.3, -0.25) is 4.79 Å². The van der Waals surface area contributed by atoms with E-state index >= 15 is 0 Å². The summed E-state index contributed by atoms with van der Waals surface area (Å²) in [6.07, 6.45) is 0. The first-order chi connectivity index (χ1) is 14.6. The number of methoxy groups -OCH3 is 1. The van der Waals surface area contributed by atoms with Crippen LogP contribution in [0, 0.1) is 0 Å². The Morgan fingerprint density at radius 2 is 1.80 bits per heavy atom. The summed E-state index contributed by atoms with van der Waals surface area (Å²) in [6.45, 7) is 1.81. The molecule has 0 aliphatic rings. The van der Waals surface area contributed by atoms with Crippen molar-refractivity contribution in [2.75, 3.05) is 18.3 Å². The lowest BCUT2D eigenvalue weighted by molar-refractivity contribution is -0.115. The monoisotopic (exact) mass is 419 g/mol. The standard InChI is InChI=1S/C22H21N5O2S/c1-14(21(28)24-19-9-5-7-15-6-3-4-8-18(15)19)30-22-26-25-20(27(22)23)16-10-12-17(29-2)13-11-16/h3-14H,23H2,1-2H3,(H,24,28)/t14-/m1/s1. The number of carbonyl (C=O) groups is 1. The van der Waals surface area contributed by atoms with Crippen LogP contribution in [0.25, 0.3) is 22.2 Å². The second kappa shape index (κ2) is 8.46. The van der Waals surface area contributed by atoms with Crippen LogP contribution in [-0.4, -0.2) is 33.1 Å². The fourth-order valence-electron chi connectivity index (χ4n) is 3.07. The normalized spacial score (nSPS) is 11.9. The van der Waals surface area contributed by atoms with E-state index < -0.39 is 5.25 Å². The molecule has 1 amide bonds. The molecular formula is C22H21N5O2S. The molecule has 8 heteroatoms. The predicted molar refractivity (Wildman–Crippen MR) is 120 cm³/mol. The average molecular weight is 420 g/mol. The molecule has 0 bridgehead atoms. The predicted octanol–water partition coefficient (Wildman–Crippen LogP) is 3.94. The number of aromatic nitrogens is 3. The molecule has 7 nitrogen and oxygen atoms in total. The summed E-state index contributed by atoms with van der Waals surface area (Å²) < 4.78 is 6.57. The lowest BCUT2D eigenvalue weighted by Gasteiger charge is -2.13. The highest BCUT2D eigenvalue weighted by molar-refractivity contribution is 8.00. The Kier molecular flexibility index (Phi) is 5.58. The van der Waals surface area contributed by atoms with Crippen LogP contribution in [0.3, 0.4) is 0 Å². The molecule has 0 aliphatic carbocycles. The van der Waals surface area contributed by atoms with Gasteiger partial charge < -0.3 is 15.9 Å². The third-order valence-electron chi connectivity index (χ3n) is 4.71. The van der Waals surface area contributed by atoms with Gasteiger partial charge in [0, 0.05) is 16.6 Å². The van der Waals surface area contributed by atoms with Crippen LogP contribution in [-0.2, 0) is 4.79 Å². The molecule has 3 aromatic carbocycles. The summed E-state index contributed by atoms with van der Waals surface area (Å²) >= 11 is 1.25. The highest BCUT2D eigenvalue weighted by atomic mass is 32.2. The Hall–Kier alpha value is -3.52. The lowest BCUT2D eigenvalue weighted by atomic mass is 10.1. The molecule has 4 aromatic rings.